The Morgan fingerprint density at radius 1 is 1.25 bits per heavy atom. The smallest absolute Gasteiger partial charge is 0.328 e. The van der Waals surface area contributed by atoms with Gasteiger partial charge in [0.1, 0.15) is 17.0 Å². The van der Waals surface area contributed by atoms with Gasteiger partial charge in [0.25, 0.3) is 0 Å². The first-order chi connectivity index (χ1) is 9.30. The van der Waals surface area contributed by atoms with Crippen molar-refractivity contribution in [2.24, 2.45) is 0 Å². The minimum Gasteiger partial charge on any atom is -0.497 e. The molecule has 0 heterocycles. The van der Waals surface area contributed by atoms with E-state index in [2.05, 4.69) is 5.32 Å². The number of hydrogen-bond donors (Lipinski definition) is 2. The third-order valence-electron chi connectivity index (χ3n) is 2.83. The van der Waals surface area contributed by atoms with Crippen molar-refractivity contribution in [1.29, 1.82) is 0 Å². The van der Waals surface area contributed by atoms with Crippen molar-refractivity contribution in [1.82, 2.24) is 5.32 Å². The summed E-state index contributed by atoms with van der Waals surface area (Å²) in [5.41, 5.74) is -0.686. The number of nitrogens with one attached hydrogen (secondary N) is 1. The molecular formula is C14H19NO5. The minimum absolute atomic E-state index is 0.0110. The van der Waals surface area contributed by atoms with Crippen LogP contribution in [0.15, 0.2) is 18.2 Å². The summed E-state index contributed by atoms with van der Waals surface area (Å²) in [6.45, 7) is 2.85. The molecule has 0 aromatic heterocycles. The van der Waals surface area contributed by atoms with Gasteiger partial charge < -0.3 is 19.9 Å². The fraction of sp³-hybridized carbons (Fsp3) is 0.429. The summed E-state index contributed by atoms with van der Waals surface area (Å²) in [6, 6.07) is 5.11. The van der Waals surface area contributed by atoms with Crippen molar-refractivity contribution in [3.63, 3.8) is 0 Å². The first kappa shape index (κ1) is 15.8. The lowest BCUT2D eigenvalue weighted by molar-refractivity contribution is -0.145. The van der Waals surface area contributed by atoms with Crippen LogP contribution in [-0.2, 0) is 16.0 Å². The standard InChI is InChI=1S/C14H19NO5/c1-14(2,13(17)18)15-12(16)8-9-7-10(19-3)5-6-11(9)20-4/h5-7H,8H2,1-4H3,(H,15,16)(H,17,18). The van der Waals surface area contributed by atoms with E-state index in [9.17, 15) is 9.59 Å². The molecule has 1 aromatic rings. The molecule has 1 amide bonds. The molecule has 0 fully saturated rings. The number of methoxy groups -OCH3 is 2. The molecule has 20 heavy (non-hydrogen) atoms. The van der Waals surface area contributed by atoms with Gasteiger partial charge in [0.05, 0.1) is 20.6 Å². The molecule has 0 aliphatic carbocycles. The minimum atomic E-state index is -1.32. The summed E-state index contributed by atoms with van der Waals surface area (Å²) in [4.78, 5) is 22.9. The van der Waals surface area contributed by atoms with Crippen LogP contribution >= 0.6 is 0 Å². The van der Waals surface area contributed by atoms with Gasteiger partial charge in [-0.25, -0.2) is 4.79 Å². The highest BCUT2D eigenvalue weighted by Gasteiger charge is 2.29. The number of hydrogen-bond acceptors (Lipinski definition) is 4. The third-order valence-corrected chi connectivity index (χ3v) is 2.83. The third kappa shape index (κ3) is 3.88. The van der Waals surface area contributed by atoms with E-state index in [0.29, 0.717) is 17.1 Å². The van der Waals surface area contributed by atoms with Crippen LogP contribution in [0.4, 0.5) is 0 Å². The Morgan fingerprint density at radius 3 is 2.40 bits per heavy atom. The van der Waals surface area contributed by atoms with Gasteiger partial charge in [-0.2, -0.15) is 0 Å². The Kier molecular flexibility index (Phi) is 4.96. The van der Waals surface area contributed by atoms with Gasteiger partial charge in [-0.15, -0.1) is 0 Å². The SMILES string of the molecule is COc1ccc(OC)c(CC(=O)NC(C)(C)C(=O)O)c1. The molecule has 0 bridgehead atoms. The Morgan fingerprint density at radius 2 is 1.90 bits per heavy atom. The molecule has 0 saturated carbocycles. The first-order valence-corrected chi connectivity index (χ1v) is 6.05. The summed E-state index contributed by atoms with van der Waals surface area (Å²) in [5, 5.41) is 11.4. The summed E-state index contributed by atoms with van der Waals surface area (Å²) in [7, 11) is 3.03. The maximum Gasteiger partial charge on any atom is 0.328 e. The highest BCUT2D eigenvalue weighted by molar-refractivity contribution is 5.87. The van der Waals surface area contributed by atoms with Crippen LogP contribution in [0.1, 0.15) is 19.4 Å². The van der Waals surface area contributed by atoms with E-state index < -0.39 is 17.4 Å². The summed E-state index contributed by atoms with van der Waals surface area (Å²) in [6.07, 6.45) is 0.0110. The van der Waals surface area contributed by atoms with Crippen molar-refractivity contribution in [3.05, 3.63) is 23.8 Å². The van der Waals surface area contributed by atoms with Crippen LogP contribution in [-0.4, -0.2) is 36.7 Å². The van der Waals surface area contributed by atoms with E-state index in [0.717, 1.165) is 0 Å². The monoisotopic (exact) mass is 281 g/mol. The molecule has 0 aliphatic rings. The lowest BCUT2D eigenvalue weighted by Crippen LogP contribution is -2.50. The topological polar surface area (TPSA) is 84.9 Å². The number of carboxylic acid groups (broad SMARTS) is 1. The fourth-order valence-corrected chi connectivity index (χ4v) is 1.64. The summed E-state index contributed by atoms with van der Waals surface area (Å²) >= 11 is 0. The number of amides is 1. The van der Waals surface area contributed by atoms with E-state index in [1.165, 1.54) is 28.1 Å². The van der Waals surface area contributed by atoms with Gasteiger partial charge in [-0.3, -0.25) is 4.79 Å². The number of rotatable bonds is 6. The van der Waals surface area contributed by atoms with Crippen molar-refractivity contribution in [2.45, 2.75) is 25.8 Å². The van der Waals surface area contributed by atoms with E-state index in [-0.39, 0.29) is 6.42 Å². The number of carbonyl (C=O) groups excluding carboxylic acids is 1. The molecule has 0 radical (unpaired) electrons. The molecule has 0 atom stereocenters. The Bertz CT molecular complexity index is 510. The Balaban J connectivity index is 2.87. The average molecular weight is 281 g/mol. The van der Waals surface area contributed by atoms with E-state index in [1.807, 2.05) is 0 Å². The number of aliphatic carboxylic acids is 1. The van der Waals surface area contributed by atoms with Gasteiger partial charge in [0.2, 0.25) is 5.91 Å². The number of benzene rings is 1. The number of carboxylic acids is 1. The maximum absolute atomic E-state index is 11.9. The van der Waals surface area contributed by atoms with Crippen molar-refractivity contribution >= 4 is 11.9 Å². The first-order valence-electron chi connectivity index (χ1n) is 6.05. The zero-order valence-corrected chi connectivity index (χ0v) is 12.0. The lowest BCUT2D eigenvalue weighted by Gasteiger charge is -2.21. The molecule has 2 N–H and O–H groups in total. The molecule has 1 rings (SSSR count). The average Bonchev–Trinajstić information content (AvgIpc) is 2.37. The normalized spacial score (nSPS) is 10.8. The quantitative estimate of drug-likeness (QED) is 0.819. The van der Waals surface area contributed by atoms with Crippen LogP contribution in [0.2, 0.25) is 0 Å². The van der Waals surface area contributed by atoms with Crippen molar-refractivity contribution in [2.75, 3.05) is 14.2 Å². The zero-order chi connectivity index (χ0) is 15.3. The van der Waals surface area contributed by atoms with Crippen molar-refractivity contribution < 1.29 is 24.2 Å². The zero-order valence-electron chi connectivity index (χ0n) is 12.0. The highest BCUT2D eigenvalue weighted by Crippen LogP contribution is 2.24. The summed E-state index contributed by atoms with van der Waals surface area (Å²) < 4.78 is 10.3. The number of ether oxygens (including phenoxy) is 2. The molecule has 1 aromatic carbocycles. The molecule has 6 heteroatoms. The predicted octanol–water partition coefficient (Wildman–Crippen LogP) is 1.23. The fourth-order valence-electron chi connectivity index (χ4n) is 1.64. The van der Waals surface area contributed by atoms with Gasteiger partial charge >= 0.3 is 5.97 Å². The van der Waals surface area contributed by atoms with E-state index in [1.54, 1.807) is 18.2 Å². The molecule has 0 spiro atoms. The van der Waals surface area contributed by atoms with Crippen molar-refractivity contribution in [3.8, 4) is 11.5 Å². The highest BCUT2D eigenvalue weighted by atomic mass is 16.5. The van der Waals surface area contributed by atoms with Gasteiger partial charge in [-0.05, 0) is 32.0 Å². The van der Waals surface area contributed by atoms with E-state index in [4.69, 9.17) is 14.6 Å². The molecule has 6 nitrogen and oxygen atoms in total. The lowest BCUT2D eigenvalue weighted by atomic mass is 10.0. The van der Waals surface area contributed by atoms with E-state index >= 15 is 0 Å². The van der Waals surface area contributed by atoms with Crippen LogP contribution < -0.4 is 14.8 Å². The second-order valence-electron chi connectivity index (χ2n) is 4.83. The van der Waals surface area contributed by atoms with Gasteiger partial charge in [-0.1, -0.05) is 0 Å². The summed E-state index contributed by atoms with van der Waals surface area (Å²) in [5.74, 6) is -0.340. The Labute approximate surface area is 117 Å². The largest absolute Gasteiger partial charge is 0.497 e. The second kappa shape index (κ2) is 6.27. The van der Waals surface area contributed by atoms with Crippen LogP contribution in [0.5, 0.6) is 11.5 Å². The molecular weight excluding hydrogens is 262 g/mol. The molecule has 110 valence electrons. The van der Waals surface area contributed by atoms with Gasteiger partial charge in [0.15, 0.2) is 0 Å². The molecule has 0 saturated heterocycles. The number of carbonyl (C=O) groups is 2. The Hall–Kier alpha value is -2.24. The molecule has 0 aliphatic heterocycles. The predicted molar refractivity (Wildman–Crippen MR) is 73.1 cm³/mol. The van der Waals surface area contributed by atoms with Gasteiger partial charge in [0, 0.05) is 5.56 Å². The molecule has 0 unspecified atom stereocenters. The van der Waals surface area contributed by atoms with Crippen LogP contribution in [0, 0.1) is 0 Å². The second-order valence-corrected chi connectivity index (χ2v) is 4.83. The maximum atomic E-state index is 11.9. The van der Waals surface area contributed by atoms with Crippen LogP contribution in [0.3, 0.4) is 0 Å². The van der Waals surface area contributed by atoms with Crippen LogP contribution in [0.25, 0.3) is 0 Å².